The molecule has 4 N–H and O–H groups in total. The lowest BCUT2D eigenvalue weighted by atomic mass is 9.95. The van der Waals surface area contributed by atoms with Crippen LogP contribution in [0.2, 0.25) is 0 Å². The van der Waals surface area contributed by atoms with E-state index in [1.165, 1.54) is 6.92 Å². The summed E-state index contributed by atoms with van der Waals surface area (Å²) in [6, 6.07) is -1.36. The highest BCUT2D eigenvalue weighted by atomic mass is 16.2. The Balaban J connectivity index is 4.96. The van der Waals surface area contributed by atoms with Gasteiger partial charge in [0.15, 0.2) is 0 Å². The molecule has 116 valence electrons. The Morgan fingerprint density at radius 3 is 1.75 bits per heavy atom. The van der Waals surface area contributed by atoms with E-state index in [9.17, 15) is 14.4 Å². The summed E-state index contributed by atoms with van der Waals surface area (Å²) in [5, 5.41) is 5.29. The van der Waals surface area contributed by atoms with Crippen molar-refractivity contribution in [2.45, 2.75) is 59.5 Å². The van der Waals surface area contributed by atoms with E-state index in [2.05, 4.69) is 10.6 Å². The Labute approximate surface area is 120 Å². The molecule has 0 aromatic heterocycles. The van der Waals surface area contributed by atoms with E-state index in [4.69, 9.17) is 5.73 Å². The van der Waals surface area contributed by atoms with Gasteiger partial charge in [-0.05, 0) is 11.8 Å². The van der Waals surface area contributed by atoms with Crippen molar-refractivity contribution in [1.29, 1.82) is 0 Å². The van der Waals surface area contributed by atoms with E-state index in [1.807, 2.05) is 27.7 Å². The van der Waals surface area contributed by atoms with Crippen LogP contribution in [0.25, 0.3) is 0 Å². The molecule has 0 aliphatic heterocycles. The molecule has 6 nitrogen and oxygen atoms in total. The molecule has 0 fully saturated rings. The minimum Gasteiger partial charge on any atom is -0.368 e. The van der Waals surface area contributed by atoms with Crippen LogP contribution in [0.5, 0.6) is 0 Å². The number of nitrogens with one attached hydrogen (secondary N) is 2. The smallest absolute Gasteiger partial charge is 0.243 e. The largest absolute Gasteiger partial charge is 0.368 e. The molecular formula is C14H27N3O3. The van der Waals surface area contributed by atoms with E-state index in [0.717, 1.165) is 12.8 Å². The summed E-state index contributed by atoms with van der Waals surface area (Å²) in [4.78, 5) is 34.9. The third-order valence-corrected chi connectivity index (χ3v) is 3.67. The predicted molar refractivity (Wildman–Crippen MR) is 77.6 cm³/mol. The number of carbonyl (C=O) groups is 3. The van der Waals surface area contributed by atoms with Crippen molar-refractivity contribution >= 4 is 17.7 Å². The molecule has 0 aromatic carbocycles. The third-order valence-electron chi connectivity index (χ3n) is 3.67. The molecule has 0 aliphatic carbocycles. The Hall–Kier alpha value is -1.59. The lowest BCUT2D eigenvalue weighted by Gasteiger charge is -2.27. The summed E-state index contributed by atoms with van der Waals surface area (Å²) in [6.07, 6.45) is 1.46. The van der Waals surface area contributed by atoms with Gasteiger partial charge in [-0.25, -0.2) is 0 Å². The number of nitrogens with two attached hydrogens (primary N) is 1. The quantitative estimate of drug-likeness (QED) is 0.607. The van der Waals surface area contributed by atoms with E-state index >= 15 is 0 Å². The molecule has 0 radical (unpaired) electrons. The summed E-state index contributed by atoms with van der Waals surface area (Å²) in [7, 11) is 0. The van der Waals surface area contributed by atoms with Gasteiger partial charge in [0.05, 0.1) is 0 Å². The molecule has 0 bridgehead atoms. The van der Waals surface area contributed by atoms with E-state index in [1.54, 1.807) is 0 Å². The maximum absolute atomic E-state index is 12.3. The van der Waals surface area contributed by atoms with Gasteiger partial charge in [0, 0.05) is 6.92 Å². The van der Waals surface area contributed by atoms with Crippen molar-refractivity contribution in [2.75, 3.05) is 0 Å². The highest BCUT2D eigenvalue weighted by Crippen LogP contribution is 2.11. The fourth-order valence-electron chi connectivity index (χ4n) is 1.89. The zero-order valence-electron chi connectivity index (χ0n) is 13.0. The van der Waals surface area contributed by atoms with Gasteiger partial charge in [-0.1, -0.05) is 40.5 Å². The second-order valence-electron chi connectivity index (χ2n) is 5.34. The normalized spacial score (nSPS) is 16.6. The topological polar surface area (TPSA) is 101 Å². The maximum Gasteiger partial charge on any atom is 0.243 e. The molecule has 20 heavy (non-hydrogen) atoms. The SMILES string of the molecule is CC[C@H](C)C(NC(=O)[C@@H](NC(C)=O)[C@@H](C)CC)C(N)=O. The van der Waals surface area contributed by atoms with E-state index < -0.39 is 18.0 Å². The molecule has 0 spiro atoms. The van der Waals surface area contributed by atoms with Gasteiger partial charge in [0.25, 0.3) is 0 Å². The number of rotatable bonds is 8. The van der Waals surface area contributed by atoms with Gasteiger partial charge in [-0.3, -0.25) is 14.4 Å². The van der Waals surface area contributed by atoms with Crippen molar-refractivity contribution in [3.63, 3.8) is 0 Å². The lowest BCUT2D eigenvalue weighted by Crippen LogP contribution is -2.56. The van der Waals surface area contributed by atoms with Crippen molar-refractivity contribution < 1.29 is 14.4 Å². The monoisotopic (exact) mass is 285 g/mol. The van der Waals surface area contributed by atoms with Crippen LogP contribution in [0.1, 0.15) is 47.5 Å². The number of primary amides is 1. The molecule has 4 atom stereocenters. The molecule has 6 heteroatoms. The maximum atomic E-state index is 12.3. The van der Waals surface area contributed by atoms with Gasteiger partial charge in [-0.2, -0.15) is 0 Å². The molecule has 1 unspecified atom stereocenters. The highest BCUT2D eigenvalue weighted by Gasteiger charge is 2.30. The average Bonchev–Trinajstić information content (AvgIpc) is 2.39. The van der Waals surface area contributed by atoms with Crippen LogP contribution in [-0.2, 0) is 14.4 Å². The summed E-state index contributed by atoms with van der Waals surface area (Å²) >= 11 is 0. The summed E-state index contributed by atoms with van der Waals surface area (Å²) in [5.41, 5.74) is 5.33. The van der Waals surface area contributed by atoms with Crippen molar-refractivity contribution in [1.82, 2.24) is 10.6 Å². The van der Waals surface area contributed by atoms with Crippen LogP contribution in [0.4, 0.5) is 0 Å². The van der Waals surface area contributed by atoms with Gasteiger partial charge in [0.2, 0.25) is 17.7 Å². The summed E-state index contributed by atoms with van der Waals surface area (Å²) in [6.45, 7) is 8.96. The number of hydrogen-bond acceptors (Lipinski definition) is 3. The van der Waals surface area contributed by atoms with Crippen LogP contribution in [0, 0.1) is 11.8 Å². The summed E-state index contributed by atoms with van der Waals surface area (Å²) in [5.74, 6) is -1.27. The first-order chi connectivity index (χ1) is 9.24. The van der Waals surface area contributed by atoms with Crippen molar-refractivity contribution in [3.05, 3.63) is 0 Å². The minimum atomic E-state index is -0.715. The second-order valence-corrected chi connectivity index (χ2v) is 5.34. The third kappa shape index (κ3) is 5.59. The molecule has 0 aromatic rings. The number of amides is 3. The second kappa shape index (κ2) is 8.55. The van der Waals surface area contributed by atoms with Gasteiger partial charge < -0.3 is 16.4 Å². The summed E-state index contributed by atoms with van der Waals surface area (Å²) < 4.78 is 0. The average molecular weight is 285 g/mol. The van der Waals surface area contributed by atoms with Crippen molar-refractivity contribution in [2.24, 2.45) is 17.6 Å². The first-order valence-corrected chi connectivity index (χ1v) is 7.11. The van der Waals surface area contributed by atoms with Gasteiger partial charge in [-0.15, -0.1) is 0 Å². The molecule has 0 aliphatic rings. The first-order valence-electron chi connectivity index (χ1n) is 7.11. The van der Waals surface area contributed by atoms with Gasteiger partial charge in [0.1, 0.15) is 12.1 Å². The zero-order valence-corrected chi connectivity index (χ0v) is 13.0. The zero-order chi connectivity index (χ0) is 15.9. The fourth-order valence-corrected chi connectivity index (χ4v) is 1.89. The van der Waals surface area contributed by atoms with Crippen LogP contribution in [0.15, 0.2) is 0 Å². The number of hydrogen-bond donors (Lipinski definition) is 3. The van der Waals surface area contributed by atoms with Crippen LogP contribution >= 0.6 is 0 Å². The standard InChI is InChI=1S/C14H27N3O3/c1-6-8(3)11(13(15)19)17-14(20)12(9(4)7-2)16-10(5)18/h8-9,11-12H,6-7H2,1-5H3,(H2,15,19)(H,16,18)(H,17,20)/t8-,9-,11?,12-/m0/s1. The Bertz CT molecular complexity index is 358. The van der Waals surface area contributed by atoms with Crippen LogP contribution in [-0.4, -0.2) is 29.8 Å². The molecular weight excluding hydrogens is 258 g/mol. The van der Waals surface area contributed by atoms with Crippen LogP contribution < -0.4 is 16.4 Å². The Kier molecular flexibility index (Phi) is 7.87. The Morgan fingerprint density at radius 1 is 0.950 bits per heavy atom. The fraction of sp³-hybridized carbons (Fsp3) is 0.786. The molecule has 3 amide bonds. The van der Waals surface area contributed by atoms with E-state index in [-0.39, 0.29) is 23.7 Å². The molecule has 0 saturated carbocycles. The number of carbonyl (C=O) groups excluding carboxylic acids is 3. The van der Waals surface area contributed by atoms with E-state index in [0.29, 0.717) is 0 Å². The van der Waals surface area contributed by atoms with Crippen LogP contribution in [0.3, 0.4) is 0 Å². The molecule has 0 saturated heterocycles. The first kappa shape index (κ1) is 18.4. The Morgan fingerprint density at radius 2 is 1.40 bits per heavy atom. The minimum absolute atomic E-state index is 0.0237. The molecule has 0 rings (SSSR count). The van der Waals surface area contributed by atoms with Crippen molar-refractivity contribution in [3.8, 4) is 0 Å². The predicted octanol–water partition coefficient (Wildman–Crippen LogP) is 0.553. The van der Waals surface area contributed by atoms with Gasteiger partial charge >= 0.3 is 0 Å². The highest BCUT2D eigenvalue weighted by molar-refractivity contribution is 5.91. The molecule has 0 heterocycles. The lowest BCUT2D eigenvalue weighted by molar-refractivity contribution is -0.132.